The van der Waals surface area contributed by atoms with Crippen molar-refractivity contribution >= 4 is 0 Å². The van der Waals surface area contributed by atoms with Crippen LogP contribution in [0.15, 0.2) is 12.7 Å². The van der Waals surface area contributed by atoms with Crippen LogP contribution in [-0.4, -0.2) is 12.6 Å². The van der Waals surface area contributed by atoms with Crippen molar-refractivity contribution in [2.24, 2.45) is 0 Å². The Hall–Kier alpha value is -0.300. The van der Waals surface area contributed by atoms with Crippen molar-refractivity contribution in [3.63, 3.8) is 0 Å². The second-order valence-corrected chi connectivity index (χ2v) is 2.41. The average Bonchev–Trinajstić information content (AvgIpc) is 2.46. The van der Waals surface area contributed by atoms with Crippen molar-refractivity contribution in [1.29, 1.82) is 0 Å². The standard InChI is InChI=1S/C5H11N.C3H6.C2H6/c1-5-3-2-4-6-5;1-3-2;1-2/h5-6H,2-4H2,1H3;3H,1H2,2H3;1-2H3. The van der Waals surface area contributed by atoms with Gasteiger partial charge in [-0.3, -0.25) is 0 Å². The molecule has 11 heavy (non-hydrogen) atoms. The van der Waals surface area contributed by atoms with E-state index < -0.39 is 0 Å². The molecule has 0 aromatic carbocycles. The Morgan fingerprint density at radius 2 is 1.91 bits per heavy atom. The van der Waals surface area contributed by atoms with E-state index in [0.29, 0.717) is 0 Å². The molecule has 1 atom stereocenters. The Balaban J connectivity index is 0. The first-order valence-corrected chi connectivity index (χ1v) is 4.61. The molecular weight excluding hydrogens is 134 g/mol. The second kappa shape index (κ2) is 12.4. The third-order valence-corrected chi connectivity index (χ3v) is 1.31. The van der Waals surface area contributed by atoms with Crippen molar-refractivity contribution in [3.8, 4) is 0 Å². The van der Waals surface area contributed by atoms with Crippen LogP contribution < -0.4 is 5.32 Å². The largest absolute Gasteiger partial charge is 0.314 e. The predicted molar refractivity (Wildman–Crippen MR) is 53.9 cm³/mol. The lowest BCUT2D eigenvalue weighted by molar-refractivity contribution is 0.664. The van der Waals surface area contributed by atoms with E-state index in [9.17, 15) is 0 Å². The molecule has 0 amide bonds. The van der Waals surface area contributed by atoms with Crippen LogP contribution in [-0.2, 0) is 0 Å². The first kappa shape index (κ1) is 13.3. The number of nitrogens with one attached hydrogen (secondary N) is 1. The van der Waals surface area contributed by atoms with Crippen molar-refractivity contribution in [1.82, 2.24) is 5.32 Å². The van der Waals surface area contributed by atoms with Gasteiger partial charge in [-0.1, -0.05) is 19.9 Å². The molecule has 1 rings (SSSR count). The van der Waals surface area contributed by atoms with E-state index in [1.54, 1.807) is 6.08 Å². The smallest absolute Gasteiger partial charge is 0.00391 e. The summed E-state index contributed by atoms with van der Waals surface area (Å²) in [6.07, 6.45) is 4.50. The number of rotatable bonds is 0. The summed E-state index contributed by atoms with van der Waals surface area (Å²) >= 11 is 0. The maximum absolute atomic E-state index is 3.36. The van der Waals surface area contributed by atoms with Crippen LogP contribution in [0, 0.1) is 0 Å². The monoisotopic (exact) mass is 157 g/mol. The van der Waals surface area contributed by atoms with Gasteiger partial charge >= 0.3 is 0 Å². The highest BCUT2D eigenvalue weighted by Crippen LogP contribution is 2.01. The van der Waals surface area contributed by atoms with Crippen LogP contribution in [0.25, 0.3) is 0 Å². The third kappa shape index (κ3) is 12.8. The van der Waals surface area contributed by atoms with Crippen molar-refractivity contribution in [3.05, 3.63) is 12.7 Å². The maximum atomic E-state index is 3.36. The van der Waals surface area contributed by atoms with E-state index in [4.69, 9.17) is 0 Å². The molecule has 1 fully saturated rings. The fourth-order valence-electron chi connectivity index (χ4n) is 0.859. The van der Waals surface area contributed by atoms with Gasteiger partial charge in [0.2, 0.25) is 0 Å². The zero-order valence-corrected chi connectivity index (χ0v) is 8.48. The quantitative estimate of drug-likeness (QED) is 0.533. The third-order valence-electron chi connectivity index (χ3n) is 1.31. The van der Waals surface area contributed by atoms with Gasteiger partial charge in [0.05, 0.1) is 0 Å². The summed E-state index contributed by atoms with van der Waals surface area (Å²) in [6.45, 7) is 12.7. The van der Waals surface area contributed by atoms with E-state index in [2.05, 4.69) is 18.8 Å². The van der Waals surface area contributed by atoms with Gasteiger partial charge in [-0.25, -0.2) is 0 Å². The molecular formula is C10H23N. The molecule has 0 aliphatic carbocycles. The van der Waals surface area contributed by atoms with Crippen LogP contribution in [0.5, 0.6) is 0 Å². The molecule has 0 spiro atoms. The number of hydrogen-bond acceptors (Lipinski definition) is 1. The fraction of sp³-hybridized carbons (Fsp3) is 0.800. The normalized spacial score (nSPS) is 20.5. The van der Waals surface area contributed by atoms with Crippen LogP contribution in [0.4, 0.5) is 0 Å². The summed E-state index contributed by atoms with van der Waals surface area (Å²) < 4.78 is 0. The Morgan fingerprint density at radius 1 is 1.45 bits per heavy atom. The Kier molecular flexibility index (Phi) is 15.0. The zero-order valence-electron chi connectivity index (χ0n) is 8.48. The Labute approximate surface area is 71.9 Å². The van der Waals surface area contributed by atoms with Gasteiger partial charge in [-0.15, -0.1) is 6.58 Å². The lowest BCUT2D eigenvalue weighted by Gasteiger charge is -1.95. The minimum atomic E-state index is 0.796. The van der Waals surface area contributed by atoms with Crippen LogP contribution in [0.1, 0.15) is 40.5 Å². The lowest BCUT2D eigenvalue weighted by atomic mass is 10.3. The molecule has 0 radical (unpaired) electrons. The van der Waals surface area contributed by atoms with Gasteiger partial charge in [0.15, 0.2) is 0 Å². The van der Waals surface area contributed by atoms with E-state index in [0.717, 1.165) is 6.04 Å². The van der Waals surface area contributed by atoms with Crippen molar-refractivity contribution in [2.45, 2.75) is 46.6 Å². The SMILES string of the molecule is C=CC.CC.CC1CCCN1. The van der Waals surface area contributed by atoms with Crippen molar-refractivity contribution in [2.75, 3.05) is 6.54 Å². The number of hydrogen-bond donors (Lipinski definition) is 1. The highest BCUT2D eigenvalue weighted by atomic mass is 14.9. The molecule has 1 saturated heterocycles. The van der Waals surface area contributed by atoms with Crippen LogP contribution >= 0.6 is 0 Å². The van der Waals surface area contributed by atoms with Crippen LogP contribution in [0.3, 0.4) is 0 Å². The van der Waals surface area contributed by atoms with E-state index in [-0.39, 0.29) is 0 Å². The zero-order chi connectivity index (χ0) is 9.11. The minimum Gasteiger partial charge on any atom is -0.314 e. The molecule has 1 N–H and O–H groups in total. The first-order chi connectivity index (χ1) is 5.31. The van der Waals surface area contributed by atoms with Gasteiger partial charge in [0.1, 0.15) is 0 Å². The molecule has 0 aromatic rings. The van der Waals surface area contributed by atoms with E-state index in [1.807, 2.05) is 20.8 Å². The highest BCUT2D eigenvalue weighted by Gasteiger charge is 2.05. The summed E-state index contributed by atoms with van der Waals surface area (Å²) in [4.78, 5) is 0. The summed E-state index contributed by atoms with van der Waals surface area (Å²) in [5.41, 5.74) is 0. The molecule has 0 bridgehead atoms. The lowest BCUT2D eigenvalue weighted by Crippen LogP contribution is -2.16. The fourth-order valence-corrected chi connectivity index (χ4v) is 0.859. The van der Waals surface area contributed by atoms with Gasteiger partial charge in [0.25, 0.3) is 0 Å². The predicted octanol–water partition coefficient (Wildman–Crippen LogP) is 2.98. The van der Waals surface area contributed by atoms with Gasteiger partial charge in [-0.2, -0.15) is 0 Å². The molecule has 68 valence electrons. The molecule has 1 aliphatic heterocycles. The van der Waals surface area contributed by atoms with Crippen molar-refractivity contribution < 1.29 is 0 Å². The molecule has 1 unspecified atom stereocenters. The Morgan fingerprint density at radius 3 is 2.00 bits per heavy atom. The summed E-state index contributed by atoms with van der Waals surface area (Å²) in [5.74, 6) is 0. The first-order valence-electron chi connectivity index (χ1n) is 4.61. The van der Waals surface area contributed by atoms with Gasteiger partial charge in [0, 0.05) is 6.04 Å². The van der Waals surface area contributed by atoms with Gasteiger partial charge in [-0.05, 0) is 33.2 Å². The molecule has 0 saturated carbocycles. The molecule has 1 nitrogen and oxygen atoms in total. The minimum absolute atomic E-state index is 0.796. The summed E-state index contributed by atoms with van der Waals surface area (Å²) in [5, 5.41) is 3.32. The molecule has 1 heteroatoms. The van der Waals surface area contributed by atoms with Gasteiger partial charge < -0.3 is 5.32 Å². The van der Waals surface area contributed by atoms with Crippen LogP contribution in [0.2, 0.25) is 0 Å². The topological polar surface area (TPSA) is 12.0 Å². The number of allylic oxidation sites excluding steroid dienone is 1. The highest BCUT2D eigenvalue weighted by molar-refractivity contribution is 4.67. The Bertz CT molecular complexity index is 63.3. The summed E-state index contributed by atoms with van der Waals surface area (Å²) in [6, 6.07) is 0.796. The molecule has 0 aromatic heterocycles. The average molecular weight is 157 g/mol. The maximum Gasteiger partial charge on any atom is 0.00391 e. The second-order valence-electron chi connectivity index (χ2n) is 2.41. The molecule has 1 heterocycles. The summed E-state index contributed by atoms with van der Waals surface area (Å²) in [7, 11) is 0. The molecule has 1 aliphatic rings. The van der Waals surface area contributed by atoms with E-state index in [1.165, 1.54) is 19.4 Å². The van der Waals surface area contributed by atoms with E-state index >= 15 is 0 Å².